The summed E-state index contributed by atoms with van der Waals surface area (Å²) in [4.78, 5) is 0.609. The smallest absolute Gasteiger partial charge is 0.215 e. The number of benzene rings is 1. The van der Waals surface area contributed by atoms with Crippen LogP contribution in [-0.2, 0) is 36.2 Å². The highest BCUT2D eigenvalue weighted by atomic mass is 32.2. The van der Waals surface area contributed by atoms with Gasteiger partial charge in [-0.1, -0.05) is 0 Å². The standard InChI is InChI=1S/C14H18N2O6S4/c1-24(17,18)16-8-9-25(19,20)12-3-5-13(6-4-12)26(21,22)14-7-2-11(10-15)23-14/h2-7,16H,8-10,15H2,1H3. The van der Waals surface area contributed by atoms with Crippen molar-refractivity contribution < 1.29 is 25.3 Å². The van der Waals surface area contributed by atoms with Crippen molar-refractivity contribution >= 4 is 41.0 Å². The molecule has 144 valence electrons. The Labute approximate surface area is 156 Å². The van der Waals surface area contributed by atoms with Crippen molar-refractivity contribution in [2.75, 3.05) is 18.6 Å². The first-order valence-electron chi connectivity index (χ1n) is 7.27. The van der Waals surface area contributed by atoms with Gasteiger partial charge in [0.05, 0.1) is 21.8 Å². The summed E-state index contributed by atoms with van der Waals surface area (Å²) >= 11 is 1.06. The van der Waals surface area contributed by atoms with Gasteiger partial charge in [-0.2, -0.15) is 0 Å². The quantitative estimate of drug-likeness (QED) is 0.606. The van der Waals surface area contributed by atoms with Crippen molar-refractivity contribution in [2.24, 2.45) is 5.73 Å². The van der Waals surface area contributed by atoms with Crippen LogP contribution in [-0.4, -0.2) is 43.8 Å². The fourth-order valence-corrected chi connectivity index (χ4v) is 6.43. The van der Waals surface area contributed by atoms with Gasteiger partial charge in [0.1, 0.15) is 4.21 Å². The third-order valence-corrected chi connectivity index (χ3v) is 9.16. The van der Waals surface area contributed by atoms with E-state index < -0.39 is 35.5 Å². The molecule has 0 saturated carbocycles. The van der Waals surface area contributed by atoms with E-state index in [2.05, 4.69) is 4.72 Å². The number of thiophene rings is 1. The maximum Gasteiger partial charge on any atom is 0.215 e. The van der Waals surface area contributed by atoms with Crippen LogP contribution in [0.25, 0.3) is 0 Å². The van der Waals surface area contributed by atoms with E-state index in [1.165, 1.54) is 30.3 Å². The average Bonchev–Trinajstić information content (AvgIpc) is 3.03. The molecule has 0 atom stereocenters. The highest BCUT2D eigenvalue weighted by Crippen LogP contribution is 2.28. The largest absolute Gasteiger partial charge is 0.326 e. The van der Waals surface area contributed by atoms with Crippen molar-refractivity contribution in [3.63, 3.8) is 0 Å². The number of nitrogens with one attached hydrogen (secondary N) is 1. The van der Waals surface area contributed by atoms with Gasteiger partial charge in [-0.25, -0.2) is 30.0 Å². The second kappa shape index (κ2) is 7.74. The van der Waals surface area contributed by atoms with E-state index >= 15 is 0 Å². The average molecular weight is 439 g/mol. The molecule has 3 N–H and O–H groups in total. The number of hydrogen-bond donors (Lipinski definition) is 2. The molecule has 0 saturated heterocycles. The zero-order chi connectivity index (χ0) is 19.6. The summed E-state index contributed by atoms with van der Waals surface area (Å²) in [5, 5.41) is 0. The molecule has 0 bridgehead atoms. The second-order valence-corrected chi connectivity index (χ2v) is 12.7. The van der Waals surface area contributed by atoms with Crippen LogP contribution in [0.15, 0.2) is 50.4 Å². The molecule has 8 nitrogen and oxygen atoms in total. The van der Waals surface area contributed by atoms with Gasteiger partial charge >= 0.3 is 0 Å². The zero-order valence-corrected chi connectivity index (χ0v) is 17.0. The summed E-state index contributed by atoms with van der Waals surface area (Å²) < 4.78 is 73.7. The van der Waals surface area contributed by atoms with Crippen molar-refractivity contribution in [1.82, 2.24) is 4.72 Å². The number of rotatable bonds is 8. The highest BCUT2D eigenvalue weighted by Gasteiger charge is 2.21. The topological polar surface area (TPSA) is 140 Å². The lowest BCUT2D eigenvalue weighted by Crippen LogP contribution is -2.28. The van der Waals surface area contributed by atoms with E-state index in [0.717, 1.165) is 22.5 Å². The molecule has 1 aromatic carbocycles. The van der Waals surface area contributed by atoms with Gasteiger partial charge in [0, 0.05) is 18.0 Å². The lowest BCUT2D eigenvalue weighted by atomic mass is 10.4. The van der Waals surface area contributed by atoms with E-state index in [1.807, 2.05) is 0 Å². The van der Waals surface area contributed by atoms with Crippen LogP contribution >= 0.6 is 11.3 Å². The third kappa shape index (κ3) is 5.11. The predicted molar refractivity (Wildman–Crippen MR) is 99.0 cm³/mol. The monoisotopic (exact) mass is 438 g/mol. The van der Waals surface area contributed by atoms with Crippen molar-refractivity contribution in [2.45, 2.75) is 20.5 Å². The lowest BCUT2D eigenvalue weighted by Gasteiger charge is -2.07. The molecular formula is C14H18N2O6S4. The molecule has 0 radical (unpaired) electrons. The van der Waals surface area contributed by atoms with Gasteiger partial charge in [-0.15, -0.1) is 11.3 Å². The zero-order valence-electron chi connectivity index (χ0n) is 13.7. The molecule has 2 rings (SSSR count). The maximum atomic E-state index is 12.5. The van der Waals surface area contributed by atoms with E-state index in [0.29, 0.717) is 0 Å². The maximum absolute atomic E-state index is 12.5. The van der Waals surface area contributed by atoms with Gasteiger partial charge in [0.2, 0.25) is 19.9 Å². The SMILES string of the molecule is CS(=O)(=O)NCCS(=O)(=O)c1ccc(S(=O)(=O)c2ccc(CN)s2)cc1. The van der Waals surface area contributed by atoms with Crippen molar-refractivity contribution in [3.8, 4) is 0 Å². The summed E-state index contributed by atoms with van der Waals surface area (Å²) in [7, 11) is -11.0. The van der Waals surface area contributed by atoms with Crippen LogP contribution in [0.4, 0.5) is 0 Å². The van der Waals surface area contributed by atoms with Crippen LogP contribution in [0.2, 0.25) is 0 Å². The Hall–Kier alpha value is -1.31. The van der Waals surface area contributed by atoms with Gasteiger partial charge in [-0.3, -0.25) is 0 Å². The first kappa shape index (κ1) is 21.0. The normalized spacial score (nSPS) is 13.0. The summed E-state index contributed by atoms with van der Waals surface area (Å²) in [6, 6.07) is 7.91. The lowest BCUT2D eigenvalue weighted by molar-refractivity contribution is 0.584. The minimum absolute atomic E-state index is 0.0314. The summed E-state index contributed by atoms with van der Waals surface area (Å²) in [6.45, 7) is -0.0306. The second-order valence-electron chi connectivity index (χ2n) is 5.39. The van der Waals surface area contributed by atoms with Crippen molar-refractivity contribution in [1.29, 1.82) is 0 Å². The van der Waals surface area contributed by atoms with Crippen LogP contribution in [0, 0.1) is 0 Å². The van der Waals surface area contributed by atoms with Crippen LogP contribution in [0.1, 0.15) is 4.88 Å². The number of sulfonamides is 1. The molecule has 0 spiro atoms. The number of sulfone groups is 2. The summed E-state index contributed by atoms with van der Waals surface area (Å²) in [5.74, 6) is -0.434. The van der Waals surface area contributed by atoms with E-state index in [9.17, 15) is 25.3 Å². The Morgan fingerprint density at radius 3 is 2.00 bits per heavy atom. The first-order chi connectivity index (χ1) is 12.0. The molecule has 0 fully saturated rings. The van der Waals surface area contributed by atoms with Gasteiger partial charge in [0.25, 0.3) is 0 Å². The number of hydrogen-bond acceptors (Lipinski definition) is 8. The highest BCUT2D eigenvalue weighted by molar-refractivity contribution is 7.93. The van der Waals surface area contributed by atoms with E-state index in [-0.39, 0.29) is 27.1 Å². The molecule has 0 aliphatic carbocycles. The van der Waals surface area contributed by atoms with E-state index in [1.54, 1.807) is 6.07 Å². The Morgan fingerprint density at radius 2 is 1.50 bits per heavy atom. The molecule has 0 aliphatic heterocycles. The van der Waals surface area contributed by atoms with Crippen LogP contribution in [0.3, 0.4) is 0 Å². The van der Waals surface area contributed by atoms with Gasteiger partial charge < -0.3 is 5.73 Å². The minimum Gasteiger partial charge on any atom is -0.326 e. The van der Waals surface area contributed by atoms with Gasteiger partial charge in [-0.05, 0) is 36.4 Å². The molecule has 0 unspecified atom stereocenters. The molecule has 12 heteroatoms. The Bertz CT molecular complexity index is 1080. The van der Waals surface area contributed by atoms with Gasteiger partial charge in [0.15, 0.2) is 9.84 Å². The van der Waals surface area contributed by atoms with Crippen molar-refractivity contribution in [3.05, 3.63) is 41.3 Å². The Kier molecular flexibility index (Phi) is 6.25. The Morgan fingerprint density at radius 1 is 0.923 bits per heavy atom. The van der Waals surface area contributed by atoms with Crippen LogP contribution in [0.5, 0.6) is 0 Å². The molecule has 0 aliphatic rings. The first-order valence-corrected chi connectivity index (χ1v) is 13.1. The fourth-order valence-electron chi connectivity index (χ4n) is 2.03. The molecule has 1 aromatic heterocycles. The fraction of sp³-hybridized carbons (Fsp3) is 0.286. The third-order valence-electron chi connectivity index (χ3n) is 3.33. The predicted octanol–water partition coefficient (Wildman–Crippen LogP) is 0.363. The van der Waals surface area contributed by atoms with Crippen LogP contribution < -0.4 is 10.5 Å². The minimum atomic E-state index is -3.75. The summed E-state index contributed by atoms with van der Waals surface area (Å²) in [6.07, 6.45) is 0.930. The molecule has 1 heterocycles. The molecule has 26 heavy (non-hydrogen) atoms. The van der Waals surface area contributed by atoms with E-state index in [4.69, 9.17) is 5.73 Å². The Balaban J connectivity index is 2.21. The molecule has 2 aromatic rings. The summed E-state index contributed by atoms with van der Waals surface area (Å²) in [5.41, 5.74) is 5.49. The molecule has 0 amide bonds. The molecular weight excluding hydrogens is 420 g/mol. The number of nitrogens with two attached hydrogens (primary N) is 1.